The third-order valence-corrected chi connectivity index (χ3v) is 4.93. The highest BCUT2D eigenvalue weighted by molar-refractivity contribution is 7.89. The molecule has 7 nitrogen and oxygen atoms in total. The first-order valence-corrected chi connectivity index (χ1v) is 8.27. The van der Waals surface area contributed by atoms with Gasteiger partial charge in [0.15, 0.2) is 5.82 Å². The van der Waals surface area contributed by atoms with Crippen LogP contribution in [0, 0.1) is 0 Å². The van der Waals surface area contributed by atoms with Crippen molar-refractivity contribution in [3.8, 4) is 0 Å². The van der Waals surface area contributed by atoms with Crippen LogP contribution in [0.3, 0.4) is 0 Å². The van der Waals surface area contributed by atoms with Crippen LogP contribution in [0.2, 0.25) is 5.02 Å². The summed E-state index contributed by atoms with van der Waals surface area (Å²) in [6.07, 6.45) is 3.39. The average Bonchev–Trinajstić information content (AvgIpc) is 2.91. The van der Waals surface area contributed by atoms with E-state index < -0.39 is 10.0 Å². The first kappa shape index (κ1) is 15.1. The second-order valence-electron chi connectivity index (χ2n) is 3.72. The monoisotopic (exact) mass is 333 g/mol. The third kappa shape index (κ3) is 3.64. The number of aromatic nitrogens is 2. The molecule has 20 heavy (non-hydrogen) atoms. The van der Waals surface area contributed by atoms with Gasteiger partial charge in [-0.05, 0) is 6.07 Å². The molecule has 2 aromatic heterocycles. The molecule has 0 aliphatic rings. The summed E-state index contributed by atoms with van der Waals surface area (Å²) in [5.41, 5.74) is 2.27. The maximum atomic E-state index is 12.0. The Kier molecular flexibility index (Phi) is 4.89. The molecule has 0 radical (unpaired) electrons. The van der Waals surface area contributed by atoms with Gasteiger partial charge in [-0.3, -0.25) is 0 Å². The van der Waals surface area contributed by atoms with Crippen LogP contribution in [0.25, 0.3) is 0 Å². The van der Waals surface area contributed by atoms with E-state index in [2.05, 4.69) is 20.1 Å². The maximum Gasteiger partial charge on any atom is 0.242 e. The Hall–Kier alpha value is -1.26. The smallest absolute Gasteiger partial charge is 0.242 e. The Bertz CT molecular complexity index is 675. The van der Waals surface area contributed by atoms with Crippen LogP contribution in [0.5, 0.6) is 0 Å². The molecular weight excluding hydrogens is 322 g/mol. The molecule has 108 valence electrons. The van der Waals surface area contributed by atoms with Gasteiger partial charge in [0.25, 0.3) is 0 Å². The second kappa shape index (κ2) is 6.46. The number of nitrogen functional groups attached to an aromatic ring is 1. The number of hydrogen-bond donors (Lipinski definition) is 3. The molecule has 0 spiro atoms. The number of nitrogens with one attached hydrogen (secondary N) is 2. The molecule has 0 bridgehead atoms. The van der Waals surface area contributed by atoms with Gasteiger partial charge < -0.3 is 5.43 Å². The Balaban J connectivity index is 2.04. The summed E-state index contributed by atoms with van der Waals surface area (Å²) in [5.74, 6) is 5.39. The quantitative estimate of drug-likeness (QED) is 0.537. The molecule has 0 saturated heterocycles. The Morgan fingerprint density at radius 2 is 2.20 bits per heavy atom. The van der Waals surface area contributed by atoms with E-state index in [1.165, 1.54) is 23.6 Å². The summed E-state index contributed by atoms with van der Waals surface area (Å²) in [7, 11) is -3.65. The Labute approximate surface area is 125 Å². The fourth-order valence-electron chi connectivity index (χ4n) is 1.43. The molecule has 10 heteroatoms. The minimum Gasteiger partial charge on any atom is -0.307 e. The molecule has 0 aliphatic carbocycles. The van der Waals surface area contributed by atoms with Crippen LogP contribution in [-0.4, -0.2) is 24.9 Å². The topological polar surface area (TPSA) is 110 Å². The lowest BCUT2D eigenvalue weighted by molar-refractivity contribution is 0.581. The van der Waals surface area contributed by atoms with Gasteiger partial charge in [0.1, 0.15) is 4.90 Å². The van der Waals surface area contributed by atoms with E-state index in [1.807, 2.05) is 5.38 Å². The highest BCUT2D eigenvalue weighted by Crippen LogP contribution is 2.21. The van der Waals surface area contributed by atoms with Gasteiger partial charge in [-0.2, -0.15) is 0 Å². The molecule has 0 unspecified atom stereocenters. The molecule has 0 aliphatic heterocycles. The van der Waals surface area contributed by atoms with Crippen LogP contribution in [-0.2, 0) is 16.4 Å². The lowest BCUT2D eigenvalue weighted by Gasteiger charge is -2.07. The summed E-state index contributed by atoms with van der Waals surface area (Å²) in [4.78, 5) is 7.88. The number of nitrogens with two attached hydrogens (primary N) is 1. The molecule has 2 rings (SSSR count). The summed E-state index contributed by atoms with van der Waals surface area (Å²) in [5, 5.41) is 2.84. The van der Waals surface area contributed by atoms with Gasteiger partial charge in [0.05, 0.1) is 10.0 Å². The van der Waals surface area contributed by atoms with E-state index in [1.54, 1.807) is 6.20 Å². The fraction of sp³-hybridized carbons (Fsp3) is 0.200. The molecule has 0 aromatic carbocycles. The molecule has 2 aromatic rings. The molecule has 2 heterocycles. The summed E-state index contributed by atoms with van der Waals surface area (Å²) >= 11 is 7.32. The van der Waals surface area contributed by atoms with Gasteiger partial charge in [-0.25, -0.2) is 29.0 Å². The predicted molar refractivity (Wildman–Crippen MR) is 78.1 cm³/mol. The SMILES string of the molecule is NNc1ncc(S(=O)(=O)NCCc2nccs2)cc1Cl. The molecule has 0 fully saturated rings. The number of rotatable bonds is 6. The maximum absolute atomic E-state index is 12.0. The highest BCUT2D eigenvalue weighted by Gasteiger charge is 2.16. The van der Waals surface area contributed by atoms with Gasteiger partial charge in [0, 0.05) is 30.7 Å². The van der Waals surface area contributed by atoms with Crippen molar-refractivity contribution >= 4 is 38.8 Å². The number of thiazole rings is 1. The molecule has 0 saturated carbocycles. The average molecular weight is 334 g/mol. The van der Waals surface area contributed by atoms with Crippen molar-refractivity contribution in [3.63, 3.8) is 0 Å². The normalized spacial score (nSPS) is 11.5. The van der Waals surface area contributed by atoms with Gasteiger partial charge in [-0.1, -0.05) is 11.6 Å². The van der Waals surface area contributed by atoms with Crippen molar-refractivity contribution in [2.24, 2.45) is 5.84 Å². The first-order valence-electron chi connectivity index (χ1n) is 5.53. The number of pyridine rings is 1. The van der Waals surface area contributed by atoms with E-state index >= 15 is 0 Å². The fourth-order valence-corrected chi connectivity index (χ4v) is 3.33. The number of sulfonamides is 1. The Morgan fingerprint density at radius 3 is 2.80 bits per heavy atom. The van der Waals surface area contributed by atoms with Crippen LogP contribution in [0.4, 0.5) is 5.82 Å². The van der Waals surface area contributed by atoms with E-state index in [0.29, 0.717) is 6.42 Å². The summed E-state index contributed by atoms with van der Waals surface area (Å²) in [6.45, 7) is 0.254. The molecule has 0 atom stereocenters. The van der Waals surface area contributed by atoms with Crippen LogP contribution < -0.4 is 16.0 Å². The van der Waals surface area contributed by atoms with Crippen molar-refractivity contribution in [2.45, 2.75) is 11.3 Å². The van der Waals surface area contributed by atoms with Crippen molar-refractivity contribution in [1.29, 1.82) is 0 Å². The first-order chi connectivity index (χ1) is 9.53. The van der Waals surface area contributed by atoms with E-state index in [9.17, 15) is 8.42 Å². The van der Waals surface area contributed by atoms with E-state index in [0.717, 1.165) is 5.01 Å². The van der Waals surface area contributed by atoms with Crippen molar-refractivity contribution in [3.05, 3.63) is 33.9 Å². The summed E-state index contributed by atoms with van der Waals surface area (Å²) in [6, 6.07) is 1.29. The summed E-state index contributed by atoms with van der Waals surface area (Å²) < 4.78 is 26.5. The zero-order valence-corrected chi connectivity index (χ0v) is 12.6. The van der Waals surface area contributed by atoms with Crippen LogP contribution in [0.15, 0.2) is 28.7 Å². The minimum atomic E-state index is -3.65. The third-order valence-electron chi connectivity index (χ3n) is 2.38. The van der Waals surface area contributed by atoms with E-state index in [4.69, 9.17) is 17.4 Å². The number of nitrogens with zero attached hydrogens (tertiary/aromatic N) is 2. The highest BCUT2D eigenvalue weighted by atomic mass is 35.5. The van der Waals surface area contributed by atoms with Gasteiger partial charge >= 0.3 is 0 Å². The van der Waals surface area contributed by atoms with Crippen LogP contribution in [0.1, 0.15) is 5.01 Å². The van der Waals surface area contributed by atoms with Crippen molar-refractivity contribution in [1.82, 2.24) is 14.7 Å². The van der Waals surface area contributed by atoms with Crippen molar-refractivity contribution < 1.29 is 8.42 Å². The standard InChI is InChI=1S/C10H12ClN5O2S2/c11-8-5-7(6-14-10(8)16-12)20(17,18)15-2-1-9-13-3-4-19-9/h3-6,15H,1-2,12H2,(H,14,16). The second-order valence-corrected chi connectivity index (χ2v) is 6.87. The number of anilines is 1. The lowest BCUT2D eigenvalue weighted by Crippen LogP contribution is -2.26. The number of hydrogen-bond acceptors (Lipinski definition) is 7. The van der Waals surface area contributed by atoms with E-state index in [-0.39, 0.29) is 22.3 Å². The predicted octanol–water partition coefficient (Wildman–Crippen LogP) is 0.998. The van der Waals surface area contributed by atoms with Gasteiger partial charge in [-0.15, -0.1) is 11.3 Å². The van der Waals surface area contributed by atoms with Crippen LogP contribution >= 0.6 is 22.9 Å². The molecule has 0 amide bonds. The largest absolute Gasteiger partial charge is 0.307 e. The number of halogens is 1. The lowest BCUT2D eigenvalue weighted by atomic mass is 10.5. The minimum absolute atomic E-state index is 0.0133. The molecular formula is C10H12ClN5O2S2. The number of hydrazine groups is 1. The Morgan fingerprint density at radius 1 is 1.40 bits per heavy atom. The molecule has 4 N–H and O–H groups in total. The van der Waals surface area contributed by atoms with Crippen molar-refractivity contribution in [2.75, 3.05) is 12.0 Å². The zero-order valence-electron chi connectivity index (χ0n) is 10.2. The van der Waals surface area contributed by atoms with Gasteiger partial charge in [0.2, 0.25) is 10.0 Å². The zero-order chi connectivity index (χ0) is 14.6.